The van der Waals surface area contributed by atoms with Gasteiger partial charge < -0.3 is 24.7 Å². The number of rotatable bonds is 8. The van der Waals surface area contributed by atoms with E-state index < -0.39 is 13.7 Å². The standard InChI is InChI=1S/C21H34ClN5O3Si/c1-21(2,3)30-20(28)24-15-11-14(12-15)23-17-16-7-8-27(18(16)26-19(22)25-17)13-29-9-10-31(4,5)6/h7-8,14-15H,9-13H2,1-6H3,(H,24,28)(H,23,25,26). The normalized spacial score (nSPS) is 19.2. The van der Waals surface area contributed by atoms with Crippen LogP contribution in [-0.2, 0) is 16.2 Å². The highest BCUT2D eigenvalue weighted by molar-refractivity contribution is 6.76. The number of ether oxygens (including phenoxy) is 2. The first-order valence-electron chi connectivity index (χ1n) is 10.8. The zero-order valence-corrected chi connectivity index (χ0v) is 21.0. The second-order valence-electron chi connectivity index (χ2n) is 10.4. The predicted octanol–water partition coefficient (Wildman–Crippen LogP) is 4.86. The van der Waals surface area contributed by atoms with Crippen LogP contribution < -0.4 is 10.6 Å². The number of anilines is 1. The van der Waals surface area contributed by atoms with Crippen LogP contribution >= 0.6 is 11.6 Å². The van der Waals surface area contributed by atoms with E-state index in [1.54, 1.807) is 0 Å². The highest BCUT2D eigenvalue weighted by atomic mass is 35.5. The van der Waals surface area contributed by atoms with Gasteiger partial charge in [-0.15, -0.1) is 0 Å². The first kappa shape index (κ1) is 23.8. The minimum Gasteiger partial charge on any atom is -0.444 e. The summed E-state index contributed by atoms with van der Waals surface area (Å²) >= 11 is 6.19. The van der Waals surface area contributed by atoms with E-state index in [0.29, 0.717) is 12.5 Å². The Morgan fingerprint density at radius 2 is 1.97 bits per heavy atom. The summed E-state index contributed by atoms with van der Waals surface area (Å²) in [4.78, 5) is 20.7. The van der Waals surface area contributed by atoms with E-state index in [-0.39, 0.29) is 23.5 Å². The third kappa shape index (κ3) is 7.08. The highest BCUT2D eigenvalue weighted by Gasteiger charge is 2.32. The van der Waals surface area contributed by atoms with Gasteiger partial charge in [-0.3, -0.25) is 0 Å². The van der Waals surface area contributed by atoms with Crippen LogP contribution in [0.25, 0.3) is 11.0 Å². The molecule has 1 saturated carbocycles. The smallest absolute Gasteiger partial charge is 0.407 e. The number of halogens is 1. The zero-order chi connectivity index (χ0) is 22.8. The highest BCUT2D eigenvalue weighted by Crippen LogP contribution is 2.29. The Morgan fingerprint density at radius 1 is 1.26 bits per heavy atom. The summed E-state index contributed by atoms with van der Waals surface area (Å²) in [6.45, 7) is 13.7. The molecule has 2 N–H and O–H groups in total. The molecule has 2 aromatic rings. The van der Waals surface area contributed by atoms with Crippen molar-refractivity contribution in [1.82, 2.24) is 19.9 Å². The van der Waals surface area contributed by atoms with Gasteiger partial charge in [0.1, 0.15) is 23.8 Å². The maximum Gasteiger partial charge on any atom is 0.407 e. The fourth-order valence-electron chi connectivity index (χ4n) is 3.32. The molecule has 1 amide bonds. The number of nitrogens with zero attached hydrogens (tertiary/aromatic N) is 3. The number of alkyl carbamates (subject to hydrolysis) is 1. The van der Waals surface area contributed by atoms with Gasteiger partial charge in [-0.2, -0.15) is 4.98 Å². The molecule has 2 aromatic heterocycles. The maximum absolute atomic E-state index is 11.9. The summed E-state index contributed by atoms with van der Waals surface area (Å²) in [6.07, 6.45) is 3.16. The first-order valence-corrected chi connectivity index (χ1v) is 14.8. The minimum atomic E-state index is -1.12. The molecule has 10 heteroatoms. The van der Waals surface area contributed by atoms with Gasteiger partial charge in [-0.25, -0.2) is 9.78 Å². The Morgan fingerprint density at radius 3 is 2.61 bits per heavy atom. The Kier molecular flexibility index (Phi) is 7.17. The van der Waals surface area contributed by atoms with Gasteiger partial charge in [0.25, 0.3) is 0 Å². The molecular formula is C21H34ClN5O3Si. The molecular weight excluding hydrogens is 434 g/mol. The first-order chi connectivity index (χ1) is 14.4. The summed E-state index contributed by atoms with van der Waals surface area (Å²) in [6, 6.07) is 3.38. The second-order valence-corrected chi connectivity index (χ2v) is 16.3. The molecule has 31 heavy (non-hydrogen) atoms. The van der Waals surface area contributed by atoms with Gasteiger partial charge in [-0.05, 0) is 57.3 Å². The molecule has 1 aliphatic rings. The third-order valence-electron chi connectivity index (χ3n) is 5.02. The molecule has 1 aliphatic carbocycles. The summed E-state index contributed by atoms with van der Waals surface area (Å²) in [5, 5.41) is 7.44. The quantitative estimate of drug-likeness (QED) is 0.327. The van der Waals surface area contributed by atoms with E-state index in [4.69, 9.17) is 21.1 Å². The van der Waals surface area contributed by atoms with Crippen molar-refractivity contribution >= 4 is 42.6 Å². The van der Waals surface area contributed by atoms with Gasteiger partial charge in [-0.1, -0.05) is 19.6 Å². The second kappa shape index (κ2) is 9.34. The van der Waals surface area contributed by atoms with Crippen LogP contribution in [0.4, 0.5) is 10.6 Å². The molecule has 3 rings (SSSR count). The van der Waals surface area contributed by atoms with Crippen LogP contribution in [0.15, 0.2) is 12.3 Å². The van der Waals surface area contributed by atoms with Crippen molar-refractivity contribution in [2.45, 2.75) is 83.7 Å². The summed E-state index contributed by atoms with van der Waals surface area (Å²) in [7, 11) is -1.12. The van der Waals surface area contributed by atoms with Crippen LogP contribution in [0.1, 0.15) is 33.6 Å². The largest absolute Gasteiger partial charge is 0.444 e. The third-order valence-corrected chi connectivity index (χ3v) is 6.89. The number of nitrogens with one attached hydrogen (secondary N) is 2. The van der Waals surface area contributed by atoms with E-state index in [1.165, 1.54) is 0 Å². The van der Waals surface area contributed by atoms with Crippen LogP contribution in [-0.4, -0.2) is 53.0 Å². The molecule has 2 heterocycles. The minimum absolute atomic E-state index is 0.0875. The average Bonchev–Trinajstić information content (AvgIpc) is 2.97. The molecule has 8 nitrogen and oxygen atoms in total. The average molecular weight is 468 g/mol. The molecule has 1 fully saturated rings. The van der Waals surface area contributed by atoms with Gasteiger partial charge >= 0.3 is 6.09 Å². The fraction of sp³-hybridized carbons (Fsp3) is 0.667. The number of aromatic nitrogens is 3. The van der Waals surface area contributed by atoms with Crippen LogP contribution in [0.2, 0.25) is 31.0 Å². The lowest BCUT2D eigenvalue weighted by molar-refractivity contribution is 0.0475. The molecule has 0 saturated heterocycles. The SMILES string of the molecule is CC(C)(C)OC(=O)NC1CC(Nc2nc(Cl)nc3c2ccn3COCC[Si](C)(C)C)C1. The van der Waals surface area contributed by atoms with E-state index in [2.05, 4.69) is 40.2 Å². The topological polar surface area (TPSA) is 90.3 Å². The van der Waals surface area contributed by atoms with Crippen molar-refractivity contribution in [3.63, 3.8) is 0 Å². The van der Waals surface area contributed by atoms with Gasteiger partial charge in [0, 0.05) is 33.0 Å². The molecule has 0 bridgehead atoms. The van der Waals surface area contributed by atoms with E-state index in [0.717, 1.165) is 36.5 Å². The summed E-state index contributed by atoms with van der Waals surface area (Å²) < 4.78 is 13.1. The van der Waals surface area contributed by atoms with Crippen molar-refractivity contribution in [2.24, 2.45) is 0 Å². The number of carbonyl (C=O) groups excluding carboxylic acids is 1. The number of carbonyl (C=O) groups is 1. The molecule has 0 aliphatic heterocycles. The zero-order valence-electron chi connectivity index (χ0n) is 19.3. The molecule has 0 aromatic carbocycles. The lowest BCUT2D eigenvalue weighted by Gasteiger charge is -2.37. The lowest BCUT2D eigenvalue weighted by atomic mass is 9.87. The summed E-state index contributed by atoms with van der Waals surface area (Å²) in [5.74, 6) is 0.705. The Hall–Kier alpha value is -1.84. The van der Waals surface area contributed by atoms with E-state index in [9.17, 15) is 4.79 Å². The number of hydrogen-bond acceptors (Lipinski definition) is 6. The van der Waals surface area contributed by atoms with Crippen LogP contribution in [0.3, 0.4) is 0 Å². The maximum atomic E-state index is 11.9. The number of amides is 1. The summed E-state index contributed by atoms with van der Waals surface area (Å²) in [5.41, 5.74) is 0.249. The van der Waals surface area contributed by atoms with Crippen LogP contribution in [0, 0.1) is 0 Å². The molecule has 172 valence electrons. The van der Waals surface area contributed by atoms with Gasteiger partial charge in [0.05, 0.1) is 5.39 Å². The fourth-order valence-corrected chi connectivity index (χ4v) is 4.24. The number of fused-ring (bicyclic) bond motifs is 1. The Labute approximate surface area is 190 Å². The van der Waals surface area contributed by atoms with Crippen molar-refractivity contribution < 1.29 is 14.3 Å². The van der Waals surface area contributed by atoms with Gasteiger partial charge in [0.15, 0.2) is 0 Å². The van der Waals surface area contributed by atoms with Crippen molar-refractivity contribution in [3.05, 3.63) is 17.5 Å². The monoisotopic (exact) mass is 467 g/mol. The van der Waals surface area contributed by atoms with Crippen molar-refractivity contribution in [3.8, 4) is 0 Å². The van der Waals surface area contributed by atoms with Crippen molar-refractivity contribution in [1.29, 1.82) is 0 Å². The predicted molar refractivity (Wildman–Crippen MR) is 126 cm³/mol. The Bertz CT molecular complexity index is 916. The van der Waals surface area contributed by atoms with Gasteiger partial charge in [0.2, 0.25) is 5.28 Å². The van der Waals surface area contributed by atoms with E-state index >= 15 is 0 Å². The van der Waals surface area contributed by atoms with E-state index in [1.807, 2.05) is 37.6 Å². The van der Waals surface area contributed by atoms with Crippen molar-refractivity contribution in [2.75, 3.05) is 11.9 Å². The molecule has 0 unspecified atom stereocenters. The Balaban J connectivity index is 1.56. The number of hydrogen-bond donors (Lipinski definition) is 2. The van der Waals surface area contributed by atoms with Crippen LogP contribution in [0.5, 0.6) is 0 Å². The molecule has 0 spiro atoms. The molecule has 0 radical (unpaired) electrons. The lowest BCUT2D eigenvalue weighted by Crippen LogP contribution is -2.50. The molecule has 0 atom stereocenters.